The predicted octanol–water partition coefficient (Wildman–Crippen LogP) is 3.15. The lowest BCUT2D eigenvalue weighted by atomic mass is 10.1. The molecule has 2 aromatic carbocycles. The number of piperazine rings is 1. The van der Waals surface area contributed by atoms with E-state index in [2.05, 4.69) is 60.0 Å². The van der Waals surface area contributed by atoms with Gasteiger partial charge in [-0.1, -0.05) is 34.1 Å². The largest absolute Gasteiger partial charge is 0.410 e. The SMILES string of the molecule is NC(=O)Oc1cccc2[nH]c(N3CCN(CCc4ccc(Br)cc4)CC3)nc12. The number of fused-ring (bicyclic) bond motifs is 1. The number of nitrogens with zero attached hydrogens (tertiary/aromatic N) is 3. The maximum Gasteiger partial charge on any atom is 0.410 e. The summed E-state index contributed by atoms with van der Waals surface area (Å²) in [6.07, 6.45) is 0.211. The number of carbonyl (C=O) groups excluding carboxylic acids is 1. The van der Waals surface area contributed by atoms with E-state index in [9.17, 15) is 4.79 Å². The first kappa shape index (κ1) is 18.8. The quantitative estimate of drug-likeness (QED) is 0.632. The zero-order valence-electron chi connectivity index (χ0n) is 15.4. The van der Waals surface area contributed by atoms with Crippen LogP contribution in [0.1, 0.15) is 5.56 Å². The Labute approximate surface area is 171 Å². The van der Waals surface area contributed by atoms with Gasteiger partial charge in [0.25, 0.3) is 0 Å². The summed E-state index contributed by atoms with van der Waals surface area (Å²) in [5, 5.41) is 0. The van der Waals surface area contributed by atoms with Crippen LogP contribution in [0.4, 0.5) is 10.7 Å². The molecule has 0 spiro atoms. The lowest BCUT2D eigenvalue weighted by molar-refractivity contribution is 0.211. The number of H-pyrrole nitrogens is 1. The van der Waals surface area contributed by atoms with Crippen molar-refractivity contribution in [3.63, 3.8) is 0 Å². The number of amides is 1. The highest BCUT2D eigenvalue weighted by atomic mass is 79.9. The molecule has 0 aliphatic carbocycles. The van der Waals surface area contributed by atoms with Crippen molar-refractivity contribution in [1.29, 1.82) is 0 Å². The van der Waals surface area contributed by atoms with E-state index < -0.39 is 6.09 Å². The Hall–Kier alpha value is -2.58. The number of halogens is 1. The first-order chi connectivity index (χ1) is 13.6. The van der Waals surface area contributed by atoms with Crippen molar-refractivity contribution < 1.29 is 9.53 Å². The van der Waals surface area contributed by atoms with Gasteiger partial charge in [-0.05, 0) is 36.2 Å². The summed E-state index contributed by atoms with van der Waals surface area (Å²) in [5.41, 5.74) is 7.94. The minimum absolute atomic E-state index is 0.376. The zero-order chi connectivity index (χ0) is 19.5. The van der Waals surface area contributed by atoms with Crippen LogP contribution in [0.3, 0.4) is 0 Å². The van der Waals surface area contributed by atoms with Crippen LogP contribution in [0.2, 0.25) is 0 Å². The van der Waals surface area contributed by atoms with E-state index >= 15 is 0 Å². The van der Waals surface area contributed by atoms with Crippen LogP contribution in [-0.2, 0) is 6.42 Å². The number of ether oxygens (including phenoxy) is 1. The van der Waals surface area contributed by atoms with E-state index in [0.717, 1.165) is 55.1 Å². The Morgan fingerprint density at radius 3 is 2.61 bits per heavy atom. The molecule has 7 nitrogen and oxygen atoms in total. The second-order valence-electron chi connectivity index (χ2n) is 6.84. The number of aromatic nitrogens is 2. The molecule has 146 valence electrons. The summed E-state index contributed by atoms with van der Waals surface area (Å²) >= 11 is 3.48. The van der Waals surface area contributed by atoms with Gasteiger partial charge in [0.15, 0.2) is 5.75 Å². The van der Waals surface area contributed by atoms with Crippen LogP contribution < -0.4 is 15.4 Å². The van der Waals surface area contributed by atoms with Gasteiger partial charge < -0.3 is 20.4 Å². The number of hydrogen-bond donors (Lipinski definition) is 2. The van der Waals surface area contributed by atoms with Crippen molar-refractivity contribution in [2.75, 3.05) is 37.6 Å². The van der Waals surface area contributed by atoms with Crippen molar-refractivity contribution >= 4 is 39.0 Å². The summed E-state index contributed by atoms with van der Waals surface area (Å²) in [6, 6.07) is 13.9. The first-order valence-electron chi connectivity index (χ1n) is 9.26. The van der Waals surface area contributed by atoms with Crippen LogP contribution in [-0.4, -0.2) is 53.7 Å². The van der Waals surface area contributed by atoms with Gasteiger partial charge in [0.05, 0.1) is 5.52 Å². The highest BCUT2D eigenvalue weighted by Crippen LogP contribution is 2.26. The number of hydrogen-bond acceptors (Lipinski definition) is 5. The van der Waals surface area contributed by atoms with Gasteiger partial charge in [0.1, 0.15) is 5.52 Å². The molecule has 4 rings (SSSR count). The maximum absolute atomic E-state index is 11.1. The lowest BCUT2D eigenvalue weighted by Crippen LogP contribution is -2.47. The summed E-state index contributed by atoms with van der Waals surface area (Å²) in [4.78, 5) is 23.7. The molecule has 0 bridgehead atoms. The summed E-state index contributed by atoms with van der Waals surface area (Å²) < 4.78 is 6.16. The van der Waals surface area contributed by atoms with Gasteiger partial charge in [0, 0.05) is 37.2 Å². The fraction of sp³-hybridized carbons (Fsp3) is 0.300. The highest BCUT2D eigenvalue weighted by molar-refractivity contribution is 9.10. The van der Waals surface area contributed by atoms with Crippen molar-refractivity contribution in [3.8, 4) is 5.75 Å². The standard InChI is InChI=1S/C20H22BrN5O2/c21-15-6-4-14(5-7-15)8-9-25-10-12-26(13-11-25)20-23-16-2-1-3-17(18(16)24-20)28-19(22)27/h1-7H,8-13H2,(H2,22,27)(H,23,24). The maximum atomic E-state index is 11.1. The number of para-hydroxylation sites is 1. The Balaban J connectivity index is 1.37. The molecule has 3 N–H and O–H groups in total. The fourth-order valence-corrected chi connectivity index (χ4v) is 3.72. The van der Waals surface area contributed by atoms with Gasteiger partial charge in [-0.15, -0.1) is 0 Å². The lowest BCUT2D eigenvalue weighted by Gasteiger charge is -2.34. The number of imidazole rings is 1. The van der Waals surface area contributed by atoms with Gasteiger partial charge in [0.2, 0.25) is 5.95 Å². The molecule has 1 aliphatic rings. The monoisotopic (exact) mass is 443 g/mol. The topological polar surface area (TPSA) is 87.5 Å². The van der Waals surface area contributed by atoms with Crippen LogP contribution in [0.25, 0.3) is 11.0 Å². The van der Waals surface area contributed by atoms with E-state index in [0.29, 0.717) is 11.3 Å². The number of anilines is 1. The molecule has 2 heterocycles. The van der Waals surface area contributed by atoms with E-state index in [-0.39, 0.29) is 0 Å². The molecule has 3 aromatic rings. The summed E-state index contributed by atoms with van der Waals surface area (Å²) in [5.74, 6) is 1.17. The van der Waals surface area contributed by atoms with Gasteiger partial charge >= 0.3 is 6.09 Å². The number of benzene rings is 2. The van der Waals surface area contributed by atoms with Crippen LogP contribution >= 0.6 is 15.9 Å². The fourth-order valence-electron chi connectivity index (χ4n) is 3.45. The minimum atomic E-state index is -0.837. The van der Waals surface area contributed by atoms with E-state index in [1.165, 1.54) is 5.56 Å². The zero-order valence-corrected chi connectivity index (χ0v) is 17.0. The van der Waals surface area contributed by atoms with Crippen LogP contribution in [0, 0.1) is 0 Å². The third-order valence-corrected chi connectivity index (χ3v) is 5.50. The molecule has 0 radical (unpaired) electrons. The average molecular weight is 444 g/mol. The Morgan fingerprint density at radius 1 is 1.14 bits per heavy atom. The number of carbonyl (C=O) groups is 1. The molecular weight excluding hydrogens is 422 g/mol. The number of nitrogens with one attached hydrogen (secondary N) is 1. The molecule has 0 saturated carbocycles. The normalized spacial score (nSPS) is 15.1. The Kier molecular flexibility index (Phi) is 5.50. The van der Waals surface area contributed by atoms with E-state index in [1.807, 2.05) is 12.1 Å². The van der Waals surface area contributed by atoms with Crippen LogP contribution in [0.5, 0.6) is 5.75 Å². The number of rotatable bonds is 5. The molecule has 0 atom stereocenters. The molecule has 28 heavy (non-hydrogen) atoms. The molecule has 1 aromatic heterocycles. The second kappa shape index (κ2) is 8.20. The molecule has 1 fully saturated rings. The number of nitrogens with two attached hydrogens (primary N) is 1. The highest BCUT2D eigenvalue weighted by Gasteiger charge is 2.20. The third kappa shape index (κ3) is 4.28. The first-order valence-corrected chi connectivity index (χ1v) is 10.1. The smallest absolute Gasteiger partial charge is 0.408 e. The van der Waals surface area contributed by atoms with Crippen molar-refractivity contribution in [2.24, 2.45) is 5.73 Å². The second-order valence-corrected chi connectivity index (χ2v) is 7.75. The van der Waals surface area contributed by atoms with E-state index in [1.54, 1.807) is 6.07 Å². The van der Waals surface area contributed by atoms with Gasteiger partial charge in [-0.3, -0.25) is 4.90 Å². The van der Waals surface area contributed by atoms with E-state index in [4.69, 9.17) is 10.5 Å². The third-order valence-electron chi connectivity index (χ3n) is 4.98. The van der Waals surface area contributed by atoms with Gasteiger partial charge in [-0.25, -0.2) is 9.78 Å². The number of aromatic amines is 1. The Morgan fingerprint density at radius 2 is 1.89 bits per heavy atom. The summed E-state index contributed by atoms with van der Waals surface area (Å²) in [7, 11) is 0. The number of primary amides is 1. The molecule has 0 unspecified atom stereocenters. The van der Waals surface area contributed by atoms with Crippen LogP contribution in [0.15, 0.2) is 46.9 Å². The average Bonchev–Trinajstić information content (AvgIpc) is 3.13. The van der Waals surface area contributed by atoms with Gasteiger partial charge in [-0.2, -0.15) is 0 Å². The predicted molar refractivity (Wildman–Crippen MR) is 113 cm³/mol. The van der Waals surface area contributed by atoms with Crippen molar-refractivity contribution in [3.05, 3.63) is 52.5 Å². The van der Waals surface area contributed by atoms with Crippen molar-refractivity contribution in [2.45, 2.75) is 6.42 Å². The molecule has 1 saturated heterocycles. The molecular formula is C20H22BrN5O2. The summed E-state index contributed by atoms with van der Waals surface area (Å²) in [6.45, 7) is 4.81. The Bertz CT molecular complexity index is 964. The molecule has 8 heteroatoms. The minimum Gasteiger partial charge on any atom is -0.408 e. The molecule has 1 amide bonds. The van der Waals surface area contributed by atoms with Crippen molar-refractivity contribution in [1.82, 2.24) is 14.9 Å². The molecule has 1 aliphatic heterocycles.